The number of fused-ring (bicyclic) bond motifs is 4. The average Bonchev–Trinajstić information content (AvgIpc) is 2.94. The molecule has 3 aromatic rings. The van der Waals surface area contributed by atoms with Crippen molar-refractivity contribution in [2.45, 2.75) is 0 Å². The molecule has 0 N–H and O–H groups in total. The van der Waals surface area contributed by atoms with Gasteiger partial charge in [0.15, 0.2) is 0 Å². The fourth-order valence-corrected chi connectivity index (χ4v) is 2.86. The highest BCUT2D eigenvalue weighted by Gasteiger charge is 2.39. The zero-order valence-electron chi connectivity index (χ0n) is 11.9. The Kier molecular flexibility index (Phi) is 2.65. The molecule has 0 aliphatic heterocycles. The first-order valence-electron chi connectivity index (χ1n) is 6.77. The van der Waals surface area contributed by atoms with Gasteiger partial charge in [-0.15, -0.1) is 0 Å². The van der Waals surface area contributed by atoms with Gasteiger partial charge in [0.2, 0.25) is 11.6 Å². The summed E-state index contributed by atoms with van der Waals surface area (Å²) < 4.78 is 6.30. The first-order valence-corrected chi connectivity index (χ1v) is 6.77. The summed E-state index contributed by atoms with van der Waals surface area (Å²) in [5.74, 6) is -1.63. The lowest BCUT2D eigenvalue weighted by Crippen LogP contribution is -2.25. The van der Waals surface area contributed by atoms with Gasteiger partial charge in [0.1, 0.15) is 17.1 Å². The number of ketones is 2. The summed E-state index contributed by atoms with van der Waals surface area (Å²) in [7, 11) is 1.23. The topological polar surface area (TPSA) is 90.6 Å². The molecule has 1 aliphatic carbocycles. The first kappa shape index (κ1) is 13.3. The fraction of sp³-hybridized carbons (Fsp3) is 0.0625. The Labute approximate surface area is 129 Å². The van der Waals surface area contributed by atoms with Crippen LogP contribution in [-0.2, 0) is 4.74 Å². The third kappa shape index (κ3) is 1.61. The minimum Gasteiger partial charge on any atom is -0.465 e. The average molecular weight is 307 g/mol. The molecule has 0 saturated heterocycles. The smallest absolute Gasteiger partial charge is 0.340 e. The summed E-state index contributed by atoms with van der Waals surface area (Å²) in [5.41, 5.74) is 0.562. The van der Waals surface area contributed by atoms with E-state index < -0.39 is 17.5 Å². The highest BCUT2D eigenvalue weighted by molar-refractivity contribution is 6.30. The third-order valence-electron chi connectivity index (χ3n) is 3.80. The number of esters is 1. The molecule has 0 bridgehead atoms. The van der Waals surface area contributed by atoms with Crippen LogP contribution in [0.5, 0.6) is 0 Å². The van der Waals surface area contributed by atoms with Gasteiger partial charge in [0.05, 0.1) is 23.8 Å². The molecule has 0 fully saturated rings. The van der Waals surface area contributed by atoms with Crippen LogP contribution >= 0.6 is 0 Å². The number of methoxy groups -OCH3 is 1. The first-order chi connectivity index (χ1) is 11.1. The van der Waals surface area contributed by atoms with Crippen molar-refractivity contribution in [2.24, 2.45) is 0 Å². The van der Waals surface area contributed by atoms with E-state index in [2.05, 4.69) is 9.97 Å². The lowest BCUT2D eigenvalue weighted by Gasteiger charge is -2.13. The predicted octanol–water partition coefficient (Wildman–Crippen LogP) is 1.29. The summed E-state index contributed by atoms with van der Waals surface area (Å²) in [6, 6.07) is 5.07. The van der Waals surface area contributed by atoms with E-state index in [0.717, 1.165) is 0 Å². The molecule has 1 aliphatic rings. The maximum atomic E-state index is 12.8. The number of ether oxygens (including phenoxy) is 1. The monoisotopic (exact) mass is 307 g/mol. The quantitative estimate of drug-likeness (QED) is 0.492. The Morgan fingerprint density at radius 1 is 1.09 bits per heavy atom. The fourth-order valence-electron chi connectivity index (χ4n) is 2.86. The highest BCUT2D eigenvalue weighted by atomic mass is 16.5. The zero-order chi connectivity index (χ0) is 16.1. The van der Waals surface area contributed by atoms with Gasteiger partial charge in [-0.1, -0.05) is 6.07 Å². The molecule has 4 rings (SSSR count). The van der Waals surface area contributed by atoms with Crippen LogP contribution in [0.2, 0.25) is 0 Å². The maximum absolute atomic E-state index is 12.8. The SMILES string of the molecule is COC(=O)c1c2c(n3ccccc13)C(=O)c1nccnc1C2=O. The van der Waals surface area contributed by atoms with Crippen molar-refractivity contribution in [2.75, 3.05) is 7.11 Å². The number of aromatic nitrogens is 3. The van der Waals surface area contributed by atoms with Gasteiger partial charge in [-0.2, -0.15) is 0 Å². The molecule has 0 amide bonds. The Bertz CT molecular complexity index is 1020. The molecule has 7 nitrogen and oxygen atoms in total. The van der Waals surface area contributed by atoms with E-state index in [4.69, 9.17) is 4.74 Å². The lowest BCUT2D eigenvalue weighted by molar-refractivity contribution is 0.0600. The minimum atomic E-state index is -0.677. The van der Waals surface area contributed by atoms with Crippen molar-refractivity contribution in [3.8, 4) is 0 Å². The molecule has 0 radical (unpaired) electrons. The summed E-state index contributed by atoms with van der Waals surface area (Å²) in [6.45, 7) is 0. The second-order valence-electron chi connectivity index (χ2n) is 4.96. The van der Waals surface area contributed by atoms with Crippen LogP contribution in [-0.4, -0.2) is 39.0 Å². The number of pyridine rings is 1. The molecule has 0 aromatic carbocycles. The van der Waals surface area contributed by atoms with Crippen LogP contribution in [0, 0.1) is 0 Å². The number of rotatable bonds is 1. The van der Waals surface area contributed by atoms with Crippen LogP contribution in [0.3, 0.4) is 0 Å². The molecule has 7 heteroatoms. The Morgan fingerprint density at radius 3 is 2.48 bits per heavy atom. The van der Waals surface area contributed by atoms with Gasteiger partial charge < -0.3 is 9.14 Å². The molecule has 0 atom stereocenters. The van der Waals surface area contributed by atoms with Crippen molar-refractivity contribution in [1.29, 1.82) is 0 Å². The second kappa shape index (κ2) is 4.57. The van der Waals surface area contributed by atoms with Gasteiger partial charge in [-0.3, -0.25) is 9.59 Å². The number of carbonyl (C=O) groups is 3. The standard InChI is InChI=1S/C16H9N3O4/c1-23-16(22)9-8-4-2-3-7-19(8)13-10(9)14(20)11-12(15(13)21)18-6-5-17-11/h2-7H,1H3. The lowest BCUT2D eigenvalue weighted by atomic mass is 9.92. The van der Waals surface area contributed by atoms with Gasteiger partial charge >= 0.3 is 5.97 Å². The summed E-state index contributed by atoms with van der Waals surface area (Å²) in [6.07, 6.45) is 4.31. The summed E-state index contributed by atoms with van der Waals surface area (Å²) in [4.78, 5) is 45.7. The third-order valence-corrected chi connectivity index (χ3v) is 3.80. The zero-order valence-corrected chi connectivity index (χ0v) is 11.9. The number of carbonyl (C=O) groups excluding carboxylic acids is 3. The van der Waals surface area contributed by atoms with Crippen molar-refractivity contribution >= 4 is 23.1 Å². The van der Waals surface area contributed by atoms with E-state index in [-0.39, 0.29) is 28.2 Å². The molecule has 112 valence electrons. The van der Waals surface area contributed by atoms with Crippen molar-refractivity contribution in [1.82, 2.24) is 14.4 Å². The van der Waals surface area contributed by atoms with E-state index >= 15 is 0 Å². The van der Waals surface area contributed by atoms with Crippen LogP contribution in [0.4, 0.5) is 0 Å². The normalized spacial score (nSPS) is 12.9. The van der Waals surface area contributed by atoms with Crippen LogP contribution in [0.1, 0.15) is 42.6 Å². The van der Waals surface area contributed by atoms with Crippen LogP contribution in [0.25, 0.3) is 5.52 Å². The van der Waals surface area contributed by atoms with Gasteiger partial charge in [0.25, 0.3) is 0 Å². The van der Waals surface area contributed by atoms with E-state index in [1.807, 2.05) is 0 Å². The summed E-state index contributed by atoms with van der Waals surface area (Å²) >= 11 is 0. The van der Waals surface area contributed by atoms with E-state index in [1.165, 1.54) is 23.9 Å². The second-order valence-corrected chi connectivity index (χ2v) is 4.96. The highest BCUT2D eigenvalue weighted by Crippen LogP contribution is 2.32. The molecule has 3 heterocycles. The minimum absolute atomic E-state index is 0.00957. The number of hydrogen-bond acceptors (Lipinski definition) is 6. The molecular formula is C16H9N3O4. The van der Waals surface area contributed by atoms with Crippen molar-refractivity contribution < 1.29 is 19.1 Å². The summed E-state index contributed by atoms with van der Waals surface area (Å²) in [5, 5.41) is 0. The number of hydrogen-bond donors (Lipinski definition) is 0. The van der Waals surface area contributed by atoms with E-state index in [1.54, 1.807) is 24.4 Å². The molecule has 3 aromatic heterocycles. The van der Waals surface area contributed by atoms with Crippen LogP contribution < -0.4 is 0 Å². The molecule has 0 saturated carbocycles. The van der Waals surface area contributed by atoms with Crippen LogP contribution in [0.15, 0.2) is 36.8 Å². The predicted molar refractivity (Wildman–Crippen MR) is 77.6 cm³/mol. The van der Waals surface area contributed by atoms with Gasteiger partial charge in [0, 0.05) is 18.6 Å². The van der Waals surface area contributed by atoms with E-state index in [0.29, 0.717) is 5.52 Å². The molecular weight excluding hydrogens is 298 g/mol. The van der Waals surface area contributed by atoms with Crippen molar-refractivity contribution in [3.05, 3.63) is 65.0 Å². The molecule has 0 spiro atoms. The molecule has 0 unspecified atom stereocenters. The Balaban J connectivity index is 2.17. The maximum Gasteiger partial charge on any atom is 0.340 e. The largest absolute Gasteiger partial charge is 0.465 e. The van der Waals surface area contributed by atoms with Crippen molar-refractivity contribution in [3.63, 3.8) is 0 Å². The molecule has 23 heavy (non-hydrogen) atoms. The Hall–Kier alpha value is -3.35. The Morgan fingerprint density at radius 2 is 1.78 bits per heavy atom. The number of nitrogens with zero attached hydrogens (tertiary/aromatic N) is 3. The van der Waals surface area contributed by atoms with Gasteiger partial charge in [-0.05, 0) is 12.1 Å². The van der Waals surface area contributed by atoms with E-state index in [9.17, 15) is 14.4 Å². The van der Waals surface area contributed by atoms with Gasteiger partial charge in [-0.25, -0.2) is 14.8 Å².